The fourth-order valence-corrected chi connectivity index (χ4v) is 3.30. The van der Waals surface area contributed by atoms with Gasteiger partial charge in [0, 0.05) is 12.6 Å². The van der Waals surface area contributed by atoms with E-state index in [1.165, 1.54) is 0 Å². The molecule has 2 aliphatic rings. The third kappa shape index (κ3) is 3.75. The first-order chi connectivity index (χ1) is 10.5. The highest BCUT2D eigenvalue weighted by Crippen LogP contribution is 2.31. The van der Waals surface area contributed by atoms with E-state index >= 15 is 0 Å². The molecular formula is C14H24N4O4. The molecule has 0 saturated carbocycles. The van der Waals surface area contributed by atoms with Crippen LogP contribution in [-0.2, 0) is 14.4 Å². The highest BCUT2D eigenvalue weighted by atomic mass is 16.3. The Kier molecular flexibility index (Phi) is 5.73. The molecule has 3 amide bonds. The van der Waals surface area contributed by atoms with Crippen LogP contribution in [0.1, 0.15) is 32.1 Å². The number of primary amides is 1. The molecule has 3 atom stereocenters. The average Bonchev–Trinajstić information content (AvgIpc) is 2.83. The summed E-state index contributed by atoms with van der Waals surface area (Å²) in [6, 6.07) is -1.10. The first kappa shape index (κ1) is 16.7. The standard InChI is InChI=1S/C14H24N4O4/c15-13(21)11-5-4-9-2-1-3-10(14(22)18(9)11)17-12(20)8-16-6-7-19/h9-11,16,19H,1-8H2,(H2,15,21)(H,17,20)/t9-,10-,11-/m0/s1. The van der Waals surface area contributed by atoms with Crippen LogP contribution in [-0.4, -0.2) is 65.5 Å². The van der Waals surface area contributed by atoms with Gasteiger partial charge >= 0.3 is 0 Å². The van der Waals surface area contributed by atoms with Gasteiger partial charge in [-0.1, -0.05) is 0 Å². The van der Waals surface area contributed by atoms with Gasteiger partial charge in [0.15, 0.2) is 0 Å². The summed E-state index contributed by atoms with van der Waals surface area (Å²) < 4.78 is 0. The van der Waals surface area contributed by atoms with Gasteiger partial charge in [-0.2, -0.15) is 0 Å². The van der Waals surface area contributed by atoms with E-state index in [1.54, 1.807) is 4.90 Å². The number of aliphatic hydroxyl groups is 1. The summed E-state index contributed by atoms with van der Waals surface area (Å²) in [6.07, 6.45) is 3.63. The zero-order valence-electron chi connectivity index (χ0n) is 12.6. The van der Waals surface area contributed by atoms with Crippen LogP contribution in [0.5, 0.6) is 0 Å². The molecule has 2 saturated heterocycles. The maximum atomic E-state index is 12.7. The van der Waals surface area contributed by atoms with E-state index in [4.69, 9.17) is 10.8 Å². The molecule has 124 valence electrons. The van der Waals surface area contributed by atoms with Crippen molar-refractivity contribution in [3.63, 3.8) is 0 Å². The van der Waals surface area contributed by atoms with Crippen LogP contribution in [0.15, 0.2) is 0 Å². The number of rotatable bonds is 6. The Balaban J connectivity index is 1.99. The van der Waals surface area contributed by atoms with Crippen LogP contribution in [0.2, 0.25) is 0 Å². The van der Waals surface area contributed by atoms with Gasteiger partial charge in [0.05, 0.1) is 13.2 Å². The van der Waals surface area contributed by atoms with Crippen molar-refractivity contribution in [2.75, 3.05) is 19.7 Å². The first-order valence-electron chi connectivity index (χ1n) is 7.77. The van der Waals surface area contributed by atoms with E-state index in [-0.39, 0.29) is 31.0 Å². The molecule has 0 radical (unpaired) electrons. The lowest BCUT2D eigenvalue weighted by Gasteiger charge is -2.29. The molecule has 0 aliphatic carbocycles. The summed E-state index contributed by atoms with van der Waals surface area (Å²) in [7, 11) is 0. The monoisotopic (exact) mass is 312 g/mol. The predicted molar refractivity (Wildman–Crippen MR) is 78.6 cm³/mol. The molecule has 0 unspecified atom stereocenters. The van der Waals surface area contributed by atoms with Crippen molar-refractivity contribution in [1.82, 2.24) is 15.5 Å². The number of hydrogen-bond acceptors (Lipinski definition) is 5. The molecule has 8 heteroatoms. The summed E-state index contributed by atoms with van der Waals surface area (Å²) in [5, 5.41) is 14.1. The van der Waals surface area contributed by atoms with Crippen molar-refractivity contribution in [1.29, 1.82) is 0 Å². The van der Waals surface area contributed by atoms with Gasteiger partial charge in [-0.3, -0.25) is 14.4 Å². The van der Waals surface area contributed by atoms with Crippen LogP contribution in [0.3, 0.4) is 0 Å². The maximum Gasteiger partial charge on any atom is 0.246 e. The van der Waals surface area contributed by atoms with E-state index in [9.17, 15) is 14.4 Å². The van der Waals surface area contributed by atoms with Crippen molar-refractivity contribution >= 4 is 17.7 Å². The molecular weight excluding hydrogens is 288 g/mol. The second-order valence-corrected chi connectivity index (χ2v) is 5.85. The summed E-state index contributed by atoms with van der Waals surface area (Å²) in [5.74, 6) is -0.980. The lowest BCUT2D eigenvalue weighted by atomic mass is 10.1. The van der Waals surface area contributed by atoms with E-state index < -0.39 is 18.0 Å². The van der Waals surface area contributed by atoms with E-state index in [0.29, 0.717) is 19.4 Å². The van der Waals surface area contributed by atoms with E-state index in [1.807, 2.05) is 0 Å². The Labute approximate surface area is 129 Å². The smallest absolute Gasteiger partial charge is 0.246 e. The lowest BCUT2D eigenvalue weighted by Crippen LogP contribution is -2.54. The van der Waals surface area contributed by atoms with Crippen LogP contribution >= 0.6 is 0 Å². The largest absolute Gasteiger partial charge is 0.395 e. The van der Waals surface area contributed by atoms with E-state index in [2.05, 4.69) is 10.6 Å². The average molecular weight is 312 g/mol. The Morgan fingerprint density at radius 1 is 1.27 bits per heavy atom. The molecule has 22 heavy (non-hydrogen) atoms. The third-order valence-corrected chi connectivity index (χ3v) is 4.32. The molecule has 2 heterocycles. The van der Waals surface area contributed by atoms with Gasteiger partial charge in [-0.25, -0.2) is 0 Å². The van der Waals surface area contributed by atoms with Gasteiger partial charge in [0.2, 0.25) is 17.7 Å². The molecule has 0 aromatic carbocycles. The Bertz CT molecular complexity index is 443. The quantitative estimate of drug-likeness (QED) is 0.426. The minimum absolute atomic E-state index is 0.0486. The molecule has 8 nitrogen and oxygen atoms in total. The van der Waals surface area contributed by atoms with Crippen LogP contribution in [0.25, 0.3) is 0 Å². The first-order valence-corrected chi connectivity index (χ1v) is 7.77. The number of aliphatic hydroxyl groups excluding tert-OH is 1. The van der Waals surface area contributed by atoms with Crippen LogP contribution < -0.4 is 16.4 Å². The maximum absolute atomic E-state index is 12.7. The number of carbonyl (C=O) groups is 3. The number of nitrogens with one attached hydrogen (secondary N) is 2. The van der Waals surface area contributed by atoms with Crippen molar-refractivity contribution in [3.05, 3.63) is 0 Å². The normalized spacial score (nSPS) is 28.1. The summed E-state index contributed by atoms with van der Waals surface area (Å²) >= 11 is 0. The number of carbonyl (C=O) groups excluding carboxylic acids is 3. The van der Waals surface area contributed by atoms with Gasteiger partial charge in [-0.15, -0.1) is 0 Å². The molecule has 0 spiro atoms. The van der Waals surface area contributed by atoms with Gasteiger partial charge in [0.25, 0.3) is 0 Å². The third-order valence-electron chi connectivity index (χ3n) is 4.32. The van der Waals surface area contributed by atoms with Crippen LogP contribution in [0.4, 0.5) is 0 Å². The van der Waals surface area contributed by atoms with Gasteiger partial charge < -0.3 is 26.4 Å². The van der Waals surface area contributed by atoms with Gasteiger partial charge in [0.1, 0.15) is 12.1 Å². The topological polar surface area (TPSA) is 125 Å². The second kappa shape index (κ2) is 7.55. The summed E-state index contributed by atoms with van der Waals surface area (Å²) in [6.45, 7) is 0.322. The van der Waals surface area contributed by atoms with Crippen LogP contribution in [0, 0.1) is 0 Å². The molecule has 0 aromatic rings. The predicted octanol–water partition coefficient (Wildman–Crippen LogP) is -1.92. The van der Waals surface area contributed by atoms with Gasteiger partial charge in [-0.05, 0) is 32.1 Å². The fourth-order valence-electron chi connectivity index (χ4n) is 3.30. The molecule has 2 rings (SSSR count). The number of fused-ring (bicyclic) bond motifs is 1. The Hall–Kier alpha value is -1.67. The molecule has 2 fully saturated rings. The van der Waals surface area contributed by atoms with E-state index in [0.717, 1.165) is 19.3 Å². The van der Waals surface area contributed by atoms with Crippen molar-refractivity contribution in [2.24, 2.45) is 5.73 Å². The van der Waals surface area contributed by atoms with Crippen molar-refractivity contribution in [3.8, 4) is 0 Å². The SMILES string of the molecule is NC(=O)[C@@H]1CC[C@@H]2CCC[C@H](NC(=O)CNCCO)C(=O)N21. The number of nitrogens with two attached hydrogens (primary N) is 1. The Morgan fingerprint density at radius 2 is 2.05 bits per heavy atom. The molecule has 2 aliphatic heterocycles. The number of hydrogen-bond donors (Lipinski definition) is 4. The van der Waals surface area contributed by atoms with Crippen molar-refractivity contribution in [2.45, 2.75) is 50.2 Å². The Morgan fingerprint density at radius 3 is 2.73 bits per heavy atom. The zero-order chi connectivity index (χ0) is 16.1. The second-order valence-electron chi connectivity index (χ2n) is 5.85. The molecule has 0 bridgehead atoms. The lowest BCUT2D eigenvalue weighted by molar-refractivity contribution is -0.141. The number of nitrogens with zero attached hydrogens (tertiary/aromatic N) is 1. The van der Waals surface area contributed by atoms with Crippen molar-refractivity contribution < 1.29 is 19.5 Å². The highest BCUT2D eigenvalue weighted by Gasteiger charge is 2.43. The fraction of sp³-hybridized carbons (Fsp3) is 0.786. The number of amides is 3. The minimum Gasteiger partial charge on any atom is -0.395 e. The zero-order valence-corrected chi connectivity index (χ0v) is 12.6. The summed E-state index contributed by atoms with van der Waals surface area (Å²) in [4.78, 5) is 37.6. The molecule has 0 aromatic heterocycles. The highest BCUT2D eigenvalue weighted by molar-refractivity contribution is 5.92. The minimum atomic E-state index is -0.603. The molecule has 5 N–H and O–H groups in total. The summed E-state index contributed by atoms with van der Waals surface area (Å²) in [5.41, 5.74) is 5.39.